The number of benzene rings is 1. The van der Waals surface area contributed by atoms with E-state index in [1.54, 1.807) is 4.57 Å². The average molecular weight is 409 g/mol. The molecule has 0 N–H and O–H groups in total. The summed E-state index contributed by atoms with van der Waals surface area (Å²) in [6, 6.07) is 8.55. The molecule has 6 nitrogen and oxygen atoms in total. The van der Waals surface area contributed by atoms with Crippen LogP contribution >= 0.6 is 0 Å². The van der Waals surface area contributed by atoms with Crippen LogP contribution in [-0.4, -0.2) is 40.5 Å². The fraction of sp³-hybridized carbons (Fsp3) is 0.500. The molecule has 0 radical (unpaired) electrons. The highest BCUT2D eigenvalue weighted by molar-refractivity contribution is 5.67. The molecule has 0 unspecified atom stereocenters. The molecule has 1 aromatic carbocycles. The van der Waals surface area contributed by atoms with Gasteiger partial charge in [-0.3, -0.25) is 9.36 Å². The van der Waals surface area contributed by atoms with E-state index in [-0.39, 0.29) is 5.56 Å². The molecule has 0 saturated carbocycles. The first-order chi connectivity index (χ1) is 14.5. The summed E-state index contributed by atoms with van der Waals surface area (Å²) in [6.45, 7) is 11.8. The highest BCUT2D eigenvalue weighted by Gasteiger charge is 2.21. The number of nitrogens with zero attached hydrogens (tertiary/aromatic N) is 4. The molecule has 0 bridgehead atoms. The predicted molar refractivity (Wildman–Crippen MR) is 122 cm³/mol. The standard InChI is InChI=1S/C24H32N4O2/c1-6-18(7-2)21-15-17(4)28-22(21)24(29)26(5)23(25-28)20-9-8-19(14-16(20)3)27-10-12-30-13-11-27/h8-9,14-15,18H,6-7,10-13H2,1-5H3. The van der Waals surface area contributed by atoms with Gasteiger partial charge in [0, 0.05) is 37.1 Å². The summed E-state index contributed by atoms with van der Waals surface area (Å²) in [6.07, 6.45) is 2.03. The van der Waals surface area contributed by atoms with Gasteiger partial charge in [-0.05, 0) is 68.0 Å². The lowest BCUT2D eigenvalue weighted by Crippen LogP contribution is -2.36. The second kappa shape index (κ2) is 8.26. The van der Waals surface area contributed by atoms with E-state index in [9.17, 15) is 4.79 Å². The van der Waals surface area contributed by atoms with Crippen LogP contribution in [0.2, 0.25) is 0 Å². The molecule has 0 spiro atoms. The molecule has 4 rings (SSSR count). The molecular formula is C24H32N4O2. The van der Waals surface area contributed by atoms with Crippen LogP contribution in [0.4, 0.5) is 5.69 Å². The Labute approximate surface area is 178 Å². The van der Waals surface area contributed by atoms with E-state index in [1.807, 2.05) is 18.5 Å². The maximum absolute atomic E-state index is 13.4. The monoisotopic (exact) mass is 408 g/mol. The smallest absolute Gasteiger partial charge is 0.278 e. The van der Waals surface area contributed by atoms with E-state index in [0.717, 1.165) is 67.0 Å². The molecule has 160 valence electrons. The van der Waals surface area contributed by atoms with Crippen LogP contribution in [0.1, 0.15) is 49.4 Å². The molecule has 1 saturated heterocycles. The van der Waals surface area contributed by atoms with Crippen molar-refractivity contribution in [1.29, 1.82) is 0 Å². The molecule has 0 amide bonds. The highest BCUT2D eigenvalue weighted by atomic mass is 16.5. The van der Waals surface area contributed by atoms with Gasteiger partial charge >= 0.3 is 0 Å². The number of hydrogen-bond donors (Lipinski definition) is 0. The van der Waals surface area contributed by atoms with Crippen molar-refractivity contribution in [2.45, 2.75) is 46.5 Å². The SMILES string of the molecule is CCC(CC)c1cc(C)n2nc(-c3ccc(N4CCOCC4)cc3C)n(C)c(=O)c12. The molecule has 3 heterocycles. The van der Waals surface area contributed by atoms with Crippen LogP contribution < -0.4 is 10.5 Å². The molecule has 3 aromatic rings. The van der Waals surface area contributed by atoms with Gasteiger partial charge < -0.3 is 9.64 Å². The maximum atomic E-state index is 13.4. The van der Waals surface area contributed by atoms with Crippen molar-refractivity contribution in [3.05, 3.63) is 51.4 Å². The number of ether oxygens (including phenoxy) is 1. The van der Waals surface area contributed by atoms with Gasteiger partial charge in [-0.2, -0.15) is 0 Å². The van der Waals surface area contributed by atoms with Gasteiger partial charge in [0.1, 0.15) is 5.52 Å². The molecular weight excluding hydrogens is 376 g/mol. The third kappa shape index (κ3) is 3.43. The van der Waals surface area contributed by atoms with Crippen molar-refractivity contribution < 1.29 is 4.74 Å². The molecule has 1 fully saturated rings. The van der Waals surface area contributed by atoms with Gasteiger partial charge in [-0.1, -0.05) is 13.8 Å². The zero-order valence-corrected chi connectivity index (χ0v) is 18.7. The lowest BCUT2D eigenvalue weighted by Gasteiger charge is -2.29. The van der Waals surface area contributed by atoms with E-state index in [2.05, 4.69) is 49.9 Å². The Balaban J connectivity index is 1.83. The van der Waals surface area contributed by atoms with Crippen LogP contribution in [0, 0.1) is 13.8 Å². The fourth-order valence-electron chi connectivity index (χ4n) is 4.60. The summed E-state index contributed by atoms with van der Waals surface area (Å²) < 4.78 is 9.02. The Morgan fingerprint density at radius 2 is 1.80 bits per heavy atom. The lowest BCUT2D eigenvalue weighted by atomic mass is 9.95. The number of aromatic nitrogens is 3. The largest absolute Gasteiger partial charge is 0.378 e. The summed E-state index contributed by atoms with van der Waals surface area (Å²) in [7, 11) is 1.83. The molecule has 0 atom stereocenters. The number of rotatable bonds is 5. The van der Waals surface area contributed by atoms with Crippen molar-refractivity contribution in [2.24, 2.45) is 7.05 Å². The minimum absolute atomic E-state index is 0.0201. The summed E-state index contributed by atoms with van der Waals surface area (Å²) in [5.41, 5.74) is 6.17. The third-order valence-corrected chi connectivity index (χ3v) is 6.46. The van der Waals surface area contributed by atoms with Gasteiger partial charge in [-0.15, -0.1) is 5.10 Å². The minimum atomic E-state index is 0.0201. The van der Waals surface area contributed by atoms with Crippen molar-refractivity contribution in [2.75, 3.05) is 31.2 Å². The highest BCUT2D eigenvalue weighted by Crippen LogP contribution is 2.30. The van der Waals surface area contributed by atoms with Crippen molar-refractivity contribution >= 4 is 11.2 Å². The first-order valence-electron chi connectivity index (χ1n) is 11.0. The first kappa shape index (κ1) is 20.7. The predicted octanol–water partition coefficient (Wildman–Crippen LogP) is 4.06. The van der Waals surface area contributed by atoms with Crippen LogP contribution in [0.25, 0.3) is 16.9 Å². The molecule has 1 aliphatic rings. The minimum Gasteiger partial charge on any atom is -0.378 e. The molecule has 30 heavy (non-hydrogen) atoms. The molecule has 2 aromatic heterocycles. The van der Waals surface area contributed by atoms with E-state index in [1.165, 1.54) is 5.69 Å². The Morgan fingerprint density at radius 3 is 2.43 bits per heavy atom. The lowest BCUT2D eigenvalue weighted by molar-refractivity contribution is 0.122. The van der Waals surface area contributed by atoms with E-state index < -0.39 is 0 Å². The van der Waals surface area contributed by atoms with Gasteiger partial charge in [0.05, 0.1) is 13.2 Å². The third-order valence-electron chi connectivity index (χ3n) is 6.46. The average Bonchev–Trinajstić information content (AvgIpc) is 3.08. The fourth-order valence-corrected chi connectivity index (χ4v) is 4.60. The van der Waals surface area contributed by atoms with E-state index in [4.69, 9.17) is 9.84 Å². The topological polar surface area (TPSA) is 51.8 Å². The number of morpholine rings is 1. The zero-order valence-electron chi connectivity index (χ0n) is 18.7. The van der Waals surface area contributed by atoms with Crippen LogP contribution in [0.5, 0.6) is 0 Å². The van der Waals surface area contributed by atoms with Gasteiger partial charge in [0.25, 0.3) is 5.56 Å². The quantitative estimate of drug-likeness (QED) is 0.639. The Bertz CT molecular complexity index is 1120. The van der Waals surface area contributed by atoms with Gasteiger partial charge in [0.15, 0.2) is 5.82 Å². The number of anilines is 1. The van der Waals surface area contributed by atoms with Crippen LogP contribution in [0.3, 0.4) is 0 Å². The van der Waals surface area contributed by atoms with Crippen molar-refractivity contribution in [1.82, 2.24) is 14.2 Å². The normalized spacial score (nSPS) is 14.8. The van der Waals surface area contributed by atoms with Crippen LogP contribution in [-0.2, 0) is 11.8 Å². The number of fused-ring (bicyclic) bond motifs is 1. The molecule has 0 aliphatic carbocycles. The van der Waals surface area contributed by atoms with E-state index >= 15 is 0 Å². The first-order valence-corrected chi connectivity index (χ1v) is 11.0. The Hall–Kier alpha value is -2.60. The van der Waals surface area contributed by atoms with Crippen molar-refractivity contribution in [3.63, 3.8) is 0 Å². The molecule has 6 heteroatoms. The second-order valence-corrected chi connectivity index (χ2v) is 8.30. The Kier molecular flexibility index (Phi) is 5.69. The summed E-state index contributed by atoms with van der Waals surface area (Å²) in [5, 5.41) is 4.93. The summed E-state index contributed by atoms with van der Waals surface area (Å²) in [4.78, 5) is 15.7. The second-order valence-electron chi connectivity index (χ2n) is 8.30. The number of aryl methyl sites for hydroxylation is 2. The van der Waals surface area contributed by atoms with Crippen molar-refractivity contribution in [3.8, 4) is 11.4 Å². The van der Waals surface area contributed by atoms with Gasteiger partial charge in [-0.25, -0.2) is 4.52 Å². The zero-order chi connectivity index (χ0) is 21.4. The number of hydrogen-bond acceptors (Lipinski definition) is 4. The van der Waals surface area contributed by atoms with Crippen LogP contribution in [0.15, 0.2) is 29.1 Å². The Morgan fingerprint density at radius 1 is 1.10 bits per heavy atom. The summed E-state index contributed by atoms with van der Waals surface area (Å²) >= 11 is 0. The summed E-state index contributed by atoms with van der Waals surface area (Å²) in [5.74, 6) is 1.08. The van der Waals surface area contributed by atoms with E-state index in [0.29, 0.717) is 11.7 Å². The maximum Gasteiger partial charge on any atom is 0.278 e. The van der Waals surface area contributed by atoms with Gasteiger partial charge in [0.2, 0.25) is 0 Å². The molecule has 1 aliphatic heterocycles.